The second-order valence-corrected chi connectivity index (χ2v) is 5.30. The van der Waals surface area contributed by atoms with Gasteiger partial charge in [-0.05, 0) is 48.2 Å². The monoisotopic (exact) mass is 281 g/mol. The van der Waals surface area contributed by atoms with Gasteiger partial charge in [-0.3, -0.25) is 0 Å². The predicted molar refractivity (Wildman–Crippen MR) is 85.8 cm³/mol. The van der Waals surface area contributed by atoms with Crippen molar-refractivity contribution in [2.75, 3.05) is 17.7 Å². The molecule has 2 amide bonds. The number of rotatable bonds is 3. The highest BCUT2D eigenvalue weighted by Crippen LogP contribution is 2.24. The summed E-state index contributed by atoms with van der Waals surface area (Å²) in [6.07, 6.45) is 2.13. The SMILES string of the molecule is CNC(=O)Nc1ccc(NC2Cc3ccccc3C2)cc1. The number of amides is 2. The molecule has 0 atom stereocenters. The molecule has 2 aromatic rings. The third-order valence-corrected chi connectivity index (χ3v) is 3.79. The van der Waals surface area contributed by atoms with Gasteiger partial charge in [-0.25, -0.2) is 4.79 Å². The Bertz CT molecular complexity index is 612. The van der Waals surface area contributed by atoms with Gasteiger partial charge < -0.3 is 16.0 Å². The van der Waals surface area contributed by atoms with E-state index in [4.69, 9.17) is 0 Å². The van der Waals surface area contributed by atoms with Crippen molar-refractivity contribution >= 4 is 17.4 Å². The average Bonchev–Trinajstić information content (AvgIpc) is 2.91. The first-order valence-corrected chi connectivity index (χ1v) is 7.17. The zero-order chi connectivity index (χ0) is 14.7. The van der Waals surface area contributed by atoms with Crippen LogP contribution in [-0.2, 0) is 12.8 Å². The van der Waals surface area contributed by atoms with Crippen LogP contribution in [0.3, 0.4) is 0 Å². The van der Waals surface area contributed by atoms with Gasteiger partial charge in [-0.1, -0.05) is 24.3 Å². The lowest BCUT2D eigenvalue weighted by molar-refractivity contribution is 0.254. The van der Waals surface area contributed by atoms with Crippen molar-refractivity contribution in [3.63, 3.8) is 0 Å². The lowest BCUT2D eigenvalue weighted by Crippen LogP contribution is -2.24. The van der Waals surface area contributed by atoms with E-state index in [2.05, 4.69) is 40.2 Å². The smallest absolute Gasteiger partial charge is 0.318 e. The minimum Gasteiger partial charge on any atom is -0.382 e. The molecule has 4 nitrogen and oxygen atoms in total. The summed E-state index contributed by atoms with van der Waals surface area (Å²) in [4.78, 5) is 11.2. The molecule has 3 rings (SSSR count). The molecule has 21 heavy (non-hydrogen) atoms. The third kappa shape index (κ3) is 3.16. The van der Waals surface area contributed by atoms with Gasteiger partial charge in [0, 0.05) is 24.5 Å². The number of fused-ring (bicyclic) bond motifs is 1. The van der Waals surface area contributed by atoms with Gasteiger partial charge in [0.15, 0.2) is 0 Å². The van der Waals surface area contributed by atoms with Crippen LogP contribution in [0.4, 0.5) is 16.2 Å². The van der Waals surface area contributed by atoms with Crippen LogP contribution in [0, 0.1) is 0 Å². The molecule has 108 valence electrons. The topological polar surface area (TPSA) is 53.2 Å². The van der Waals surface area contributed by atoms with Crippen molar-refractivity contribution in [1.29, 1.82) is 0 Å². The molecule has 0 heterocycles. The Kier molecular flexibility index (Phi) is 3.77. The Labute approximate surface area is 124 Å². The first-order valence-electron chi connectivity index (χ1n) is 7.17. The van der Waals surface area contributed by atoms with Crippen LogP contribution < -0.4 is 16.0 Å². The second-order valence-electron chi connectivity index (χ2n) is 5.30. The molecule has 1 aliphatic rings. The summed E-state index contributed by atoms with van der Waals surface area (Å²) in [6, 6.07) is 16.6. The summed E-state index contributed by atoms with van der Waals surface area (Å²) in [5.74, 6) is 0. The maximum absolute atomic E-state index is 11.2. The van der Waals surface area contributed by atoms with E-state index in [1.54, 1.807) is 7.05 Å². The van der Waals surface area contributed by atoms with Crippen molar-refractivity contribution in [2.24, 2.45) is 0 Å². The van der Waals surface area contributed by atoms with Gasteiger partial charge in [0.1, 0.15) is 0 Å². The zero-order valence-corrected chi connectivity index (χ0v) is 12.0. The number of hydrogen-bond donors (Lipinski definition) is 3. The van der Waals surface area contributed by atoms with Crippen molar-refractivity contribution in [3.05, 3.63) is 59.7 Å². The quantitative estimate of drug-likeness (QED) is 0.810. The molecule has 0 fully saturated rings. The highest BCUT2D eigenvalue weighted by atomic mass is 16.2. The number of hydrogen-bond acceptors (Lipinski definition) is 2. The van der Waals surface area contributed by atoms with Crippen LogP contribution in [0.5, 0.6) is 0 Å². The fraction of sp³-hybridized carbons (Fsp3) is 0.235. The van der Waals surface area contributed by atoms with Crippen molar-refractivity contribution in [3.8, 4) is 0 Å². The minimum absolute atomic E-state index is 0.207. The Hall–Kier alpha value is -2.49. The molecular formula is C17H19N3O. The van der Waals surface area contributed by atoms with Crippen molar-refractivity contribution in [2.45, 2.75) is 18.9 Å². The minimum atomic E-state index is -0.207. The molecule has 0 aromatic heterocycles. The normalized spacial score (nSPS) is 13.6. The summed E-state index contributed by atoms with van der Waals surface area (Å²) in [7, 11) is 1.60. The van der Waals surface area contributed by atoms with Gasteiger partial charge >= 0.3 is 6.03 Å². The number of urea groups is 1. The predicted octanol–water partition coefficient (Wildman–Crippen LogP) is 3.02. The number of benzene rings is 2. The molecule has 1 aliphatic carbocycles. The molecule has 0 radical (unpaired) electrons. The Morgan fingerprint density at radius 2 is 1.52 bits per heavy atom. The zero-order valence-electron chi connectivity index (χ0n) is 12.0. The van der Waals surface area contributed by atoms with Gasteiger partial charge in [-0.2, -0.15) is 0 Å². The summed E-state index contributed by atoms with van der Waals surface area (Å²) >= 11 is 0. The molecule has 0 aliphatic heterocycles. The van der Waals surface area contributed by atoms with E-state index < -0.39 is 0 Å². The maximum atomic E-state index is 11.2. The van der Waals surface area contributed by atoms with E-state index in [9.17, 15) is 4.79 Å². The molecule has 0 saturated carbocycles. The number of carbonyl (C=O) groups is 1. The number of nitrogens with one attached hydrogen (secondary N) is 3. The Morgan fingerprint density at radius 1 is 0.952 bits per heavy atom. The molecule has 2 aromatic carbocycles. The number of anilines is 2. The van der Waals surface area contributed by atoms with E-state index in [1.165, 1.54) is 11.1 Å². The lowest BCUT2D eigenvalue weighted by Gasteiger charge is -2.14. The van der Waals surface area contributed by atoms with Gasteiger partial charge in [0.2, 0.25) is 0 Å². The lowest BCUT2D eigenvalue weighted by atomic mass is 10.1. The van der Waals surface area contributed by atoms with Crippen LogP contribution in [0.2, 0.25) is 0 Å². The molecule has 4 heteroatoms. The average molecular weight is 281 g/mol. The van der Waals surface area contributed by atoms with Crippen LogP contribution in [0.1, 0.15) is 11.1 Å². The molecule has 3 N–H and O–H groups in total. The maximum Gasteiger partial charge on any atom is 0.318 e. The van der Waals surface area contributed by atoms with Crippen LogP contribution in [0.25, 0.3) is 0 Å². The molecule has 0 unspecified atom stereocenters. The summed E-state index contributed by atoms with van der Waals surface area (Å²) in [5.41, 5.74) is 4.74. The Balaban J connectivity index is 1.61. The Morgan fingerprint density at radius 3 is 2.10 bits per heavy atom. The van der Waals surface area contributed by atoms with Gasteiger partial charge in [0.25, 0.3) is 0 Å². The fourth-order valence-electron chi connectivity index (χ4n) is 2.74. The van der Waals surface area contributed by atoms with E-state index >= 15 is 0 Å². The van der Waals surface area contributed by atoms with E-state index in [0.717, 1.165) is 24.2 Å². The summed E-state index contributed by atoms with van der Waals surface area (Å²) < 4.78 is 0. The van der Waals surface area contributed by atoms with E-state index in [0.29, 0.717) is 6.04 Å². The highest BCUT2D eigenvalue weighted by molar-refractivity contribution is 5.89. The standard InChI is InChI=1S/C17H19N3O/c1-18-17(21)20-15-8-6-14(7-9-15)19-16-10-12-4-2-3-5-13(12)11-16/h2-9,16,19H,10-11H2,1H3,(H2,18,20,21). The van der Waals surface area contributed by atoms with Crippen molar-refractivity contribution < 1.29 is 4.79 Å². The summed E-state index contributed by atoms with van der Waals surface area (Å²) in [6.45, 7) is 0. The molecule has 0 bridgehead atoms. The van der Waals surface area contributed by atoms with E-state index in [-0.39, 0.29) is 6.03 Å². The van der Waals surface area contributed by atoms with E-state index in [1.807, 2.05) is 24.3 Å². The molecule has 0 spiro atoms. The molecular weight excluding hydrogens is 262 g/mol. The first kappa shape index (κ1) is 13.5. The second kappa shape index (κ2) is 5.87. The van der Waals surface area contributed by atoms with Gasteiger partial charge in [0.05, 0.1) is 0 Å². The first-order chi connectivity index (χ1) is 10.2. The molecule has 0 saturated heterocycles. The van der Waals surface area contributed by atoms with Gasteiger partial charge in [-0.15, -0.1) is 0 Å². The number of carbonyl (C=O) groups excluding carboxylic acids is 1. The third-order valence-electron chi connectivity index (χ3n) is 3.79. The van der Waals surface area contributed by atoms with Crippen LogP contribution in [0.15, 0.2) is 48.5 Å². The van der Waals surface area contributed by atoms with Crippen LogP contribution >= 0.6 is 0 Å². The van der Waals surface area contributed by atoms with Crippen LogP contribution in [-0.4, -0.2) is 19.1 Å². The van der Waals surface area contributed by atoms with Crippen molar-refractivity contribution in [1.82, 2.24) is 5.32 Å². The highest BCUT2D eigenvalue weighted by Gasteiger charge is 2.20. The fourth-order valence-corrected chi connectivity index (χ4v) is 2.74. The largest absolute Gasteiger partial charge is 0.382 e. The summed E-state index contributed by atoms with van der Waals surface area (Å²) in [5, 5.41) is 8.83.